The summed E-state index contributed by atoms with van der Waals surface area (Å²) in [6.45, 7) is 11.5. The van der Waals surface area contributed by atoms with E-state index < -0.39 is 0 Å². The van der Waals surface area contributed by atoms with E-state index in [1.165, 1.54) is 5.56 Å². The first kappa shape index (κ1) is 19.7. The maximum absolute atomic E-state index is 11.9. The van der Waals surface area contributed by atoms with Gasteiger partial charge in [-0.2, -0.15) is 0 Å². The lowest BCUT2D eigenvalue weighted by molar-refractivity contribution is -0.0603. The second-order valence-electron chi connectivity index (χ2n) is 5.91. The lowest BCUT2D eigenvalue weighted by Gasteiger charge is -2.21. The fourth-order valence-electron chi connectivity index (χ4n) is 2.31. The van der Waals surface area contributed by atoms with Crippen molar-refractivity contribution in [2.75, 3.05) is 19.9 Å². The Balaban J connectivity index is 2.49. The van der Waals surface area contributed by atoms with Crippen molar-refractivity contribution in [3.8, 4) is 0 Å². The van der Waals surface area contributed by atoms with Crippen LogP contribution in [-0.4, -0.2) is 36.9 Å². The van der Waals surface area contributed by atoms with Crippen LogP contribution in [0.3, 0.4) is 0 Å². The van der Waals surface area contributed by atoms with E-state index in [2.05, 4.69) is 18.7 Å². The standard InChI is InChI=1S/C19H31NO3/c1-5-12-20(13-6-2)14-17-8-10-18(11-9-17)19(21)23-15-22-16(4)7-3/h8-11,16H,5-7,12-15H2,1-4H3. The summed E-state index contributed by atoms with van der Waals surface area (Å²) < 4.78 is 10.5. The van der Waals surface area contributed by atoms with Gasteiger partial charge >= 0.3 is 5.97 Å². The van der Waals surface area contributed by atoms with Gasteiger partial charge in [0.05, 0.1) is 11.7 Å². The molecule has 1 aromatic rings. The lowest BCUT2D eigenvalue weighted by Crippen LogP contribution is -2.24. The Bertz CT molecular complexity index is 438. The van der Waals surface area contributed by atoms with Gasteiger partial charge in [-0.1, -0.05) is 32.9 Å². The molecule has 1 atom stereocenters. The zero-order valence-corrected chi connectivity index (χ0v) is 15.0. The summed E-state index contributed by atoms with van der Waals surface area (Å²) in [5.41, 5.74) is 1.79. The number of nitrogens with zero attached hydrogens (tertiary/aromatic N) is 1. The molecule has 0 amide bonds. The molecule has 0 N–H and O–H groups in total. The molecule has 0 saturated heterocycles. The van der Waals surface area contributed by atoms with Gasteiger partial charge in [0.15, 0.2) is 6.79 Å². The SMILES string of the molecule is CCCN(CCC)Cc1ccc(C(=O)OCOC(C)CC)cc1. The van der Waals surface area contributed by atoms with Gasteiger partial charge in [0.2, 0.25) is 0 Å². The van der Waals surface area contributed by atoms with E-state index in [1.807, 2.05) is 38.1 Å². The minimum atomic E-state index is -0.334. The van der Waals surface area contributed by atoms with E-state index in [-0.39, 0.29) is 18.9 Å². The summed E-state index contributed by atoms with van der Waals surface area (Å²) >= 11 is 0. The van der Waals surface area contributed by atoms with E-state index >= 15 is 0 Å². The first-order valence-corrected chi connectivity index (χ1v) is 8.70. The third kappa shape index (κ3) is 7.62. The summed E-state index contributed by atoms with van der Waals surface area (Å²) in [6, 6.07) is 7.67. The molecule has 1 aromatic carbocycles. The largest absolute Gasteiger partial charge is 0.435 e. The van der Waals surface area contributed by atoms with Gasteiger partial charge in [-0.05, 0) is 57.0 Å². The Morgan fingerprint density at radius 2 is 1.70 bits per heavy atom. The number of hydrogen-bond acceptors (Lipinski definition) is 4. The van der Waals surface area contributed by atoms with Gasteiger partial charge in [-0.25, -0.2) is 4.79 Å². The molecule has 0 aliphatic carbocycles. The van der Waals surface area contributed by atoms with Gasteiger partial charge in [0.1, 0.15) is 0 Å². The molecule has 0 aliphatic heterocycles. The van der Waals surface area contributed by atoms with E-state index in [0.29, 0.717) is 5.56 Å². The monoisotopic (exact) mass is 321 g/mol. The van der Waals surface area contributed by atoms with E-state index in [1.54, 1.807) is 0 Å². The number of benzene rings is 1. The van der Waals surface area contributed by atoms with Gasteiger partial charge in [-0.3, -0.25) is 4.90 Å². The lowest BCUT2D eigenvalue weighted by atomic mass is 10.1. The van der Waals surface area contributed by atoms with Crippen LogP contribution in [0.5, 0.6) is 0 Å². The quantitative estimate of drug-likeness (QED) is 0.451. The second-order valence-corrected chi connectivity index (χ2v) is 5.91. The van der Waals surface area contributed by atoms with Crippen LogP contribution in [0.2, 0.25) is 0 Å². The van der Waals surface area contributed by atoms with Crippen LogP contribution < -0.4 is 0 Å². The number of carbonyl (C=O) groups excluding carboxylic acids is 1. The van der Waals surface area contributed by atoms with Crippen molar-refractivity contribution in [2.24, 2.45) is 0 Å². The van der Waals surface area contributed by atoms with Crippen LogP contribution in [0.25, 0.3) is 0 Å². The summed E-state index contributed by atoms with van der Waals surface area (Å²) in [6.07, 6.45) is 3.31. The highest BCUT2D eigenvalue weighted by Gasteiger charge is 2.09. The number of ether oxygens (including phenoxy) is 2. The summed E-state index contributed by atoms with van der Waals surface area (Å²) in [7, 11) is 0. The molecule has 4 heteroatoms. The van der Waals surface area contributed by atoms with Crippen molar-refractivity contribution in [1.82, 2.24) is 4.90 Å². The third-order valence-corrected chi connectivity index (χ3v) is 3.79. The third-order valence-electron chi connectivity index (χ3n) is 3.79. The molecule has 0 saturated carbocycles. The Morgan fingerprint density at radius 1 is 1.09 bits per heavy atom. The van der Waals surface area contributed by atoms with Crippen molar-refractivity contribution in [3.05, 3.63) is 35.4 Å². The topological polar surface area (TPSA) is 38.8 Å². The Hall–Kier alpha value is -1.39. The average molecular weight is 321 g/mol. The van der Waals surface area contributed by atoms with Crippen LogP contribution in [0.15, 0.2) is 24.3 Å². The minimum absolute atomic E-state index is 0.0103. The summed E-state index contributed by atoms with van der Waals surface area (Å²) in [5, 5.41) is 0. The van der Waals surface area contributed by atoms with Gasteiger partial charge in [-0.15, -0.1) is 0 Å². The number of esters is 1. The molecule has 1 rings (SSSR count). The molecule has 4 nitrogen and oxygen atoms in total. The Morgan fingerprint density at radius 3 is 2.22 bits per heavy atom. The van der Waals surface area contributed by atoms with Crippen LogP contribution in [0, 0.1) is 0 Å². The predicted octanol–water partition coefficient (Wildman–Crippen LogP) is 4.24. The molecule has 0 fully saturated rings. The summed E-state index contributed by atoms with van der Waals surface area (Å²) in [4.78, 5) is 14.4. The molecule has 1 unspecified atom stereocenters. The zero-order valence-electron chi connectivity index (χ0n) is 15.0. The van der Waals surface area contributed by atoms with Crippen molar-refractivity contribution in [1.29, 1.82) is 0 Å². The molecule has 130 valence electrons. The second kappa shape index (κ2) is 11.2. The first-order chi connectivity index (χ1) is 11.1. The van der Waals surface area contributed by atoms with Crippen molar-refractivity contribution in [2.45, 2.75) is 59.6 Å². The maximum atomic E-state index is 11.9. The molecule has 0 spiro atoms. The number of hydrogen-bond donors (Lipinski definition) is 0. The fraction of sp³-hybridized carbons (Fsp3) is 0.632. The zero-order chi connectivity index (χ0) is 17.1. The van der Waals surface area contributed by atoms with Crippen LogP contribution in [-0.2, 0) is 16.0 Å². The van der Waals surface area contributed by atoms with Gasteiger partial charge in [0, 0.05) is 6.54 Å². The maximum Gasteiger partial charge on any atom is 0.340 e. The average Bonchev–Trinajstić information content (AvgIpc) is 2.55. The molecular weight excluding hydrogens is 290 g/mol. The normalized spacial score (nSPS) is 12.4. The smallest absolute Gasteiger partial charge is 0.340 e. The van der Waals surface area contributed by atoms with E-state index in [0.717, 1.165) is 38.9 Å². The summed E-state index contributed by atoms with van der Waals surface area (Å²) in [5.74, 6) is -0.334. The molecule has 0 heterocycles. The van der Waals surface area contributed by atoms with Crippen LogP contribution in [0.4, 0.5) is 0 Å². The van der Waals surface area contributed by atoms with Crippen LogP contribution >= 0.6 is 0 Å². The highest BCUT2D eigenvalue weighted by Crippen LogP contribution is 2.10. The minimum Gasteiger partial charge on any atom is -0.435 e. The molecule has 23 heavy (non-hydrogen) atoms. The molecule has 0 bridgehead atoms. The van der Waals surface area contributed by atoms with E-state index in [9.17, 15) is 4.79 Å². The molecule has 0 aliphatic rings. The van der Waals surface area contributed by atoms with Crippen molar-refractivity contribution < 1.29 is 14.3 Å². The van der Waals surface area contributed by atoms with Gasteiger partial charge in [0.25, 0.3) is 0 Å². The van der Waals surface area contributed by atoms with E-state index in [4.69, 9.17) is 9.47 Å². The predicted molar refractivity (Wildman–Crippen MR) is 93.4 cm³/mol. The molecular formula is C19H31NO3. The van der Waals surface area contributed by atoms with Crippen molar-refractivity contribution >= 4 is 5.97 Å². The number of rotatable bonds is 11. The van der Waals surface area contributed by atoms with Gasteiger partial charge < -0.3 is 9.47 Å². The fourth-order valence-corrected chi connectivity index (χ4v) is 2.31. The highest BCUT2D eigenvalue weighted by atomic mass is 16.7. The molecule has 0 aromatic heterocycles. The first-order valence-electron chi connectivity index (χ1n) is 8.70. The number of carbonyl (C=O) groups is 1. The van der Waals surface area contributed by atoms with Crippen molar-refractivity contribution in [3.63, 3.8) is 0 Å². The molecule has 0 radical (unpaired) electrons. The Labute approximate surface area is 140 Å². The van der Waals surface area contributed by atoms with Crippen LogP contribution in [0.1, 0.15) is 62.9 Å². The highest BCUT2D eigenvalue weighted by molar-refractivity contribution is 5.89. The Kier molecular flexibility index (Phi) is 9.57.